The zero-order valence-corrected chi connectivity index (χ0v) is 12.3. The second-order valence-electron chi connectivity index (χ2n) is 5.22. The van der Waals surface area contributed by atoms with E-state index < -0.39 is 12.2 Å². The molecule has 0 amide bonds. The average Bonchev–Trinajstić information content (AvgIpc) is 2.51. The summed E-state index contributed by atoms with van der Waals surface area (Å²) in [6.45, 7) is 1.46. The minimum atomic E-state index is -0.547. The lowest BCUT2D eigenvalue weighted by molar-refractivity contribution is 0.0586. The maximum atomic E-state index is 10.2. The van der Waals surface area contributed by atoms with Gasteiger partial charge in [-0.15, -0.1) is 0 Å². The Kier molecular flexibility index (Phi) is 6.14. The second-order valence-corrected chi connectivity index (χ2v) is 5.22. The largest absolute Gasteiger partial charge is 0.391 e. The maximum absolute atomic E-state index is 10.2. The first-order valence-electron chi connectivity index (χ1n) is 7.25. The van der Waals surface area contributed by atoms with E-state index in [1.807, 2.05) is 36.4 Å². The summed E-state index contributed by atoms with van der Waals surface area (Å²) < 4.78 is 4.86. The molecule has 0 aromatic heterocycles. The standard InChI is InChI=1S/C17H23NO3/c1-21-12-16(19)8-9-18-11-17(20)15-7-6-13-4-2-3-5-14(13)10-15/h2-7,10,16-20H,8-9,11-12H2,1H3. The van der Waals surface area contributed by atoms with E-state index in [9.17, 15) is 10.2 Å². The minimum absolute atomic E-state index is 0.342. The smallest absolute Gasteiger partial charge is 0.0914 e. The molecule has 4 heteroatoms. The second kappa shape index (κ2) is 8.10. The summed E-state index contributed by atoms with van der Waals surface area (Å²) in [6.07, 6.45) is -0.396. The van der Waals surface area contributed by atoms with Crippen LogP contribution >= 0.6 is 0 Å². The Morgan fingerprint density at radius 3 is 2.62 bits per heavy atom. The van der Waals surface area contributed by atoms with E-state index in [1.54, 1.807) is 7.11 Å². The van der Waals surface area contributed by atoms with E-state index in [0.717, 1.165) is 10.9 Å². The normalized spacial score (nSPS) is 14.2. The van der Waals surface area contributed by atoms with Crippen molar-refractivity contribution in [1.82, 2.24) is 5.32 Å². The molecule has 114 valence electrons. The van der Waals surface area contributed by atoms with E-state index in [4.69, 9.17) is 4.74 Å². The first kappa shape index (κ1) is 15.9. The first-order valence-corrected chi connectivity index (χ1v) is 7.25. The van der Waals surface area contributed by atoms with Crippen LogP contribution < -0.4 is 5.32 Å². The van der Waals surface area contributed by atoms with Crippen molar-refractivity contribution < 1.29 is 14.9 Å². The Balaban J connectivity index is 1.83. The van der Waals surface area contributed by atoms with E-state index in [2.05, 4.69) is 11.4 Å². The number of aliphatic hydroxyl groups is 2. The molecule has 4 nitrogen and oxygen atoms in total. The summed E-state index contributed by atoms with van der Waals surface area (Å²) in [5.41, 5.74) is 0.902. The SMILES string of the molecule is COCC(O)CCNCC(O)c1ccc2ccccc2c1. The number of fused-ring (bicyclic) bond motifs is 1. The number of aliphatic hydroxyl groups excluding tert-OH is 2. The third-order valence-corrected chi connectivity index (χ3v) is 3.51. The third kappa shape index (κ3) is 4.79. The third-order valence-electron chi connectivity index (χ3n) is 3.51. The Morgan fingerprint density at radius 2 is 1.86 bits per heavy atom. The number of benzene rings is 2. The highest BCUT2D eigenvalue weighted by molar-refractivity contribution is 5.83. The highest BCUT2D eigenvalue weighted by Crippen LogP contribution is 2.19. The molecule has 0 fully saturated rings. The van der Waals surface area contributed by atoms with Gasteiger partial charge >= 0.3 is 0 Å². The molecule has 2 aromatic carbocycles. The summed E-state index contributed by atoms with van der Waals surface area (Å²) in [6, 6.07) is 14.1. The van der Waals surface area contributed by atoms with Crippen LogP contribution in [0.15, 0.2) is 42.5 Å². The molecule has 0 radical (unpaired) electrons. The number of hydrogen-bond donors (Lipinski definition) is 3. The van der Waals surface area contributed by atoms with Crippen molar-refractivity contribution in [3.05, 3.63) is 48.0 Å². The maximum Gasteiger partial charge on any atom is 0.0914 e. The lowest BCUT2D eigenvalue weighted by atomic mass is 10.0. The van der Waals surface area contributed by atoms with Crippen LogP contribution in [0, 0.1) is 0 Å². The number of methoxy groups -OCH3 is 1. The van der Waals surface area contributed by atoms with Crippen molar-refractivity contribution in [1.29, 1.82) is 0 Å². The Hall–Kier alpha value is -1.46. The molecule has 0 saturated heterocycles. The molecular weight excluding hydrogens is 266 g/mol. The van der Waals surface area contributed by atoms with E-state index >= 15 is 0 Å². The molecule has 0 spiro atoms. The summed E-state index contributed by atoms with van der Waals surface area (Å²) >= 11 is 0. The van der Waals surface area contributed by atoms with Crippen LogP contribution in [0.5, 0.6) is 0 Å². The van der Waals surface area contributed by atoms with E-state index in [0.29, 0.717) is 26.1 Å². The van der Waals surface area contributed by atoms with Crippen LogP contribution in [0.1, 0.15) is 18.1 Å². The van der Waals surface area contributed by atoms with E-state index in [-0.39, 0.29) is 0 Å². The monoisotopic (exact) mass is 289 g/mol. The van der Waals surface area contributed by atoms with Gasteiger partial charge in [-0.25, -0.2) is 0 Å². The van der Waals surface area contributed by atoms with Crippen molar-refractivity contribution >= 4 is 10.8 Å². The molecular formula is C17H23NO3. The zero-order chi connectivity index (χ0) is 15.1. The predicted octanol–water partition coefficient (Wildman–Crippen LogP) is 1.86. The zero-order valence-electron chi connectivity index (χ0n) is 12.3. The van der Waals surface area contributed by atoms with Crippen molar-refractivity contribution in [2.45, 2.75) is 18.6 Å². The van der Waals surface area contributed by atoms with Crippen molar-refractivity contribution in [2.24, 2.45) is 0 Å². The molecule has 2 unspecified atom stereocenters. The van der Waals surface area contributed by atoms with Crippen molar-refractivity contribution in [3.63, 3.8) is 0 Å². The fraction of sp³-hybridized carbons (Fsp3) is 0.412. The highest BCUT2D eigenvalue weighted by atomic mass is 16.5. The summed E-state index contributed by atoms with van der Waals surface area (Å²) in [4.78, 5) is 0. The Morgan fingerprint density at radius 1 is 1.10 bits per heavy atom. The quantitative estimate of drug-likeness (QED) is 0.649. The van der Waals surface area contributed by atoms with Gasteiger partial charge in [-0.1, -0.05) is 36.4 Å². The molecule has 0 saturated carbocycles. The van der Waals surface area contributed by atoms with Gasteiger partial charge in [-0.3, -0.25) is 0 Å². The molecule has 2 atom stereocenters. The van der Waals surface area contributed by atoms with Gasteiger partial charge < -0.3 is 20.3 Å². The molecule has 0 heterocycles. The summed E-state index contributed by atoms with van der Waals surface area (Å²) in [7, 11) is 1.57. The number of hydrogen-bond acceptors (Lipinski definition) is 4. The number of nitrogens with one attached hydrogen (secondary N) is 1. The Labute approximate surface area is 125 Å². The lowest BCUT2D eigenvalue weighted by Gasteiger charge is -2.14. The van der Waals surface area contributed by atoms with Gasteiger partial charge in [0.1, 0.15) is 0 Å². The summed E-state index contributed by atoms with van der Waals surface area (Å²) in [5.74, 6) is 0. The Bertz CT molecular complexity index is 558. The van der Waals surface area contributed by atoms with Gasteiger partial charge in [0.25, 0.3) is 0 Å². The van der Waals surface area contributed by atoms with Crippen molar-refractivity contribution in [3.8, 4) is 0 Å². The fourth-order valence-electron chi connectivity index (χ4n) is 2.32. The van der Waals surface area contributed by atoms with Crippen LogP contribution in [-0.4, -0.2) is 43.1 Å². The van der Waals surface area contributed by atoms with Gasteiger partial charge in [-0.2, -0.15) is 0 Å². The average molecular weight is 289 g/mol. The molecule has 2 aromatic rings. The fourth-order valence-corrected chi connectivity index (χ4v) is 2.32. The van der Waals surface area contributed by atoms with Crippen LogP contribution in [0.3, 0.4) is 0 Å². The minimum Gasteiger partial charge on any atom is -0.391 e. The molecule has 0 aliphatic heterocycles. The van der Waals surface area contributed by atoms with Crippen LogP contribution in [0.25, 0.3) is 10.8 Å². The molecule has 2 rings (SSSR count). The molecule has 0 aliphatic carbocycles. The van der Waals surface area contributed by atoms with E-state index in [1.165, 1.54) is 5.39 Å². The molecule has 0 bridgehead atoms. The van der Waals surface area contributed by atoms with Gasteiger partial charge in [-0.05, 0) is 35.4 Å². The number of ether oxygens (including phenoxy) is 1. The van der Waals surface area contributed by atoms with Gasteiger partial charge in [0.15, 0.2) is 0 Å². The molecule has 0 aliphatic rings. The molecule has 3 N–H and O–H groups in total. The van der Waals surface area contributed by atoms with Crippen LogP contribution in [0.2, 0.25) is 0 Å². The van der Waals surface area contributed by atoms with Gasteiger partial charge in [0.2, 0.25) is 0 Å². The number of rotatable bonds is 8. The first-order chi connectivity index (χ1) is 10.2. The molecule has 21 heavy (non-hydrogen) atoms. The topological polar surface area (TPSA) is 61.7 Å². The predicted molar refractivity (Wildman–Crippen MR) is 84.3 cm³/mol. The van der Waals surface area contributed by atoms with Crippen LogP contribution in [-0.2, 0) is 4.74 Å². The van der Waals surface area contributed by atoms with Crippen molar-refractivity contribution in [2.75, 3.05) is 26.8 Å². The van der Waals surface area contributed by atoms with Gasteiger partial charge in [0.05, 0.1) is 18.8 Å². The highest BCUT2D eigenvalue weighted by Gasteiger charge is 2.08. The van der Waals surface area contributed by atoms with Gasteiger partial charge in [0, 0.05) is 13.7 Å². The lowest BCUT2D eigenvalue weighted by Crippen LogP contribution is -2.26. The van der Waals surface area contributed by atoms with Crippen LogP contribution in [0.4, 0.5) is 0 Å². The summed E-state index contributed by atoms with van der Waals surface area (Å²) in [5, 5.41) is 25.2.